The fourth-order valence-electron chi connectivity index (χ4n) is 2.86. The molecule has 1 aliphatic rings. The molecule has 2 aromatic carbocycles. The summed E-state index contributed by atoms with van der Waals surface area (Å²) >= 11 is 5.96. The number of methoxy groups -OCH3 is 1. The summed E-state index contributed by atoms with van der Waals surface area (Å²) < 4.78 is 5.19. The van der Waals surface area contributed by atoms with Gasteiger partial charge in [-0.25, -0.2) is 0 Å². The number of benzene rings is 2. The number of piperazine rings is 1. The second kappa shape index (κ2) is 8.08. The molecule has 1 fully saturated rings. The Morgan fingerprint density at radius 2 is 1.80 bits per heavy atom. The number of amides is 1. The van der Waals surface area contributed by atoms with E-state index in [1.165, 1.54) is 0 Å². The lowest BCUT2D eigenvalue weighted by Gasteiger charge is -2.35. The van der Waals surface area contributed by atoms with Crippen LogP contribution in [0.5, 0.6) is 5.75 Å². The van der Waals surface area contributed by atoms with Crippen molar-refractivity contribution >= 4 is 29.3 Å². The Labute approximate surface area is 153 Å². The molecule has 0 unspecified atom stereocenters. The predicted molar refractivity (Wildman–Crippen MR) is 102 cm³/mol. The second-order valence-electron chi connectivity index (χ2n) is 5.90. The molecule has 0 bridgehead atoms. The van der Waals surface area contributed by atoms with Crippen molar-refractivity contribution in [1.29, 1.82) is 0 Å². The minimum absolute atomic E-state index is 0.0364. The number of carbonyl (C=O) groups excluding carboxylic acids is 1. The smallest absolute Gasteiger partial charge is 0.246 e. The molecule has 1 amide bonds. The zero-order valence-corrected chi connectivity index (χ0v) is 14.9. The fourth-order valence-corrected chi connectivity index (χ4v) is 3.06. The molecule has 1 aliphatic heterocycles. The van der Waals surface area contributed by atoms with E-state index in [4.69, 9.17) is 16.3 Å². The molecule has 0 atom stereocenters. The third-order valence-corrected chi connectivity index (χ3v) is 4.53. The average molecular weight is 357 g/mol. The van der Waals surface area contributed by atoms with Gasteiger partial charge in [-0.2, -0.15) is 0 Å². The van der Waals surface area contributed by atoms with Crippen LogP contribution >= 0.6 is 11.6 Å². The molecule has 130 valence electrons. The van der Waals surface area contributed by atoms with Crippen molar-refractivity contribution in [2.24, 2.45) is 0 Å². The van der Waals surface area contributed by atoms with Crippen LogP contribution in [0.4, 0.5) is 5.69 Å². The lowest BCUT2D eigenvalue weighted by molar-refractivity contribution is -0.126. The first-order chi connectivity index (χ1) is 12.2. The van der Waals surface area contributed by atoms with Crippen LogP contribution in [0, 0.1) is 0 Å². The summed E-state index contributed by atoms with van der Waals surface area (Å²) in [5, 5.41) is 0.669. The summed E-state index contributed by atoms with van der Waals surface area (Å²) in [5.41, 5.74) is 2.08. The Morgan fingerprint density at radius 3 is 2.44 bits per heavy atom. The van der Waals surface area contributed by atoms with Crippen molar-refractivity contribution in [1.82, 2.24) is 4.90 Å². The molecule has 0 aliphatic carbocycles. The average Bonchev–Trinajstić information content (AvgIpc) is 2.66. The van der Waals surface area contributed by atoms with E-state index in [9.17, 15) is 4.79 Å². The molecule has 0 radical (unpaired) electrons. The second-order valence-corrected chi connectivity index (χ2v) is 6.34. The Hall–Kier alpha value is -2.46. The Morgan fingerprint density at radius 1 is 1.08 bits per heavy atom. The molecule has 25 heavy (non-hydrogen) atoms. The van der Waals surface area contributed by atoms with Gasteiger partial charge in [0.05, 0.1) is 7.11 Å². The minimum atomic E-state index is 0.0364. The lowest BCUT2D eigenvalue weighted by atomic mass is 10.2. The summed E-state index contributed by atoms with van der Waals surface area (Å²) in [5.74, 6) is 0.887. The van der Waals surface area contributed by atoms with Gasteiger partial charge < -0.3 is 14.5 Å². The highest BCUT2D eigenvalue weighted by Gasteiger charge is 2.19. The molecule has 4 nitrogen and oxygen atoms in total. The Balaban J connectivity index is 1.55. The SMILES string of the molecule is COc1ccc(N2CCN(C(=O)C=Cc3cccc(Cl)c3)CC2)cc1. The van der Waals surface area contributed by atoms with Crippen LogP contribution in [0.2, 0.25) is 5.02 Å². The number of halogens is 1. The number of ether oxygens (including phenoxy) is 1. The summed E-state index contributed by atoms with van der Waals surface area (Å²) in [7, 11) is 1.66. The molecule has 0 aromatic heterocycles. The summed E-state index contributed by atoms with van der Waals surface area (Å²) in [4.78, 5) is 16.5. The normalized spacial score (nSPS) is 14.8. The Bertz CT molecular complexity index is 751. The maximum absolute atomic E-state index is 12.4. The van der Waals surface area contributed by atoms with E-state index in [1.54, 1.807) is 13.2 Å². The van der Waals surface area contributed by atoms with Crippen molar-refractivity contribution in [2.45, 2.75) is 0 Å². The van der Waals surface area contributed by atoms with E-state index >= 15 is 0 Å². The first-order valence-corrected chi connectivity index (χ1v) is 8.65. The van der Waals surface area contributed by atoms with Crippen molar-refractivity contribution in [2.75, 3.05) is 38.2 Å². The van der Waals surface area contributed by atoms with Crippen LogP contribution in [0.1, 0.15) is 5.56 Å². The minimum Gasteiger partial charge on any atom is -0.497 e. The number of hydrogen-bond acceptors (Lipinski definition) is 3. The molecule has 0 saturated carbocycles. The first-order valence-electron chi connectivity index (χ1n) is 8.27. The van der Waals surface area contributed by atoms with Gasteiger partial charge in [-0.15, -0.1) is 0 Å². The van der Waals surface area contributed by atoms with Gasteiger partial charge in [-0.1, -0.05) is 23.7 Å². The molecule has 1 heterocycles. The van der Waals surface area contributed by atoms with Crippen LogP contribution < -0.4 is 9.64 Å². The largest absolute Gasteiger partial charge is 0.497 e. The van der Waals surface area contributed by atoms with Gasteiger partial charge >= 0.3 is 0 Å². The topological polar surface area (TPSA) is 32.8 Å². The standard InChI is InChI=1S/C20H21ClN2O2/c1-25-19-8-6-18(7-9-19)22-11-13-23(14-12-22)20(24)10-5-16-3-2-4-17(21)15-16/h2-10,15H,11-14H2,1H3. The van der Waals surface area contributed by atoms with E-state index in [0.717, 1.165) is 30.1 Å². The van der Waals surface area contributed by atoms with Crippen molar-refractivity contribution < 1.29 is 9.53 Å². The van der Waals surface area contributed by atoms with E-state index in [0.29, 0.717) is 18.1 Å². The van der Waals surface area contributed by atoms with Crippen LogP contribution in [-0.4, -0.2) is 44.1 Å². The van der Waals surface area contributed by atoms with Gasteiger partial charge in [0, 0.05) is 43.0 Å². The summed E-state index contributed by atoms with van der Waals surface area (Å²) in [6, 6.07) is 15.5. The van der Waals surface area contributed by atoms with Gasteiger partial charge in [0.15, 0.2) is 0 Å². The molecular formula is C20H21ClN2O2. The highest BCUT2D eigenvalue weighted by Crippen LogP contribution is 2.20. The zero-order chi connectivity index (χ0) is 17.6. The third kappa shape index (κ3) is 4.54. The first kappa shape index (κ1) is 17.4. The van der Waals surface area contributed by atoms with Crippen LogP contribution in [0.3, 0.4) is 0 Å². The number of anilines is 1. The quantitative estimate of drug-likeness (QED) is 0.783. The number of carbonyl (C=O) groups is 1. The maximum Gasteiger partial charge on any atom is 0.246 e. The van der Waals surface area contributed by atoms with Crippen LogP contribution in [-0.2, 0) is 4.79 Å². The van der Waals surface area contributed by atoms with E-state index in [1.807, 2.05) is 47.4 Å². The highest BCUT2D eigenvalue weighted by atomic mass is 35.5. The van der Waals surface area contributed by atoms with Gasteiger partial charge in [-0.05, 0) is 48.0 Å². The summed E-state index contributed by atoms with van der Waals surface area (Å²) in [6.45, 7) is 3.07. The van der Waals surface area contributed by atoms with E-state index < -0.39 is 0 Å². The Kier molecular flexibility index (Phi) is 5.61. The third-order valence-electron chi connectivity index (χ3n) is 4.30. The van der Waals surface area contributed by atoms with E-state index in [2.05, 4.69) is 17.0 Å². The lowest BCUT2D eigenvalue weighted by Crippen LogP contribution is -2.48. The molecule has 1 saturated heterocycles. The molecule has 3 rings (SSSR count). The van der Waals surface area contributed by atoms with Crippen molar-refractivity contribution in [3.8, 4) is 5.75 Å². The van der Waals surface area contributed by atoms with Crippen LogP contribution in [0.25, 0.3) is 6.08 Å². The number of hydrogen-bond donors (Lipinski definition) is 0. The maximum atomic E-state index is 12.4. The fraction of sp³-hybridized carbons (Fsp3) is 0.250. The molecule has 0 N–H and O–H groups in total. The molecule has 0 spiro atoms. The monoisotopic (exact) mass is 356 g/mol. The van der Waals surface area contributed by atoms with Crippen LogP contribution in [0.15, 0.2) is 54.6 Å². The number of rotatable bonds is 4. The van der Waals surface area contributed by atoms with Gasteiger partial charge in [0.25, 0.3) is 0 Å². The molecule has 5 heteroatoms. The van der Waals surface area contributed by atoms with Gasteiger partial charge in [0.1, 0.15) is 5.75 Å². The summed E-state index contributed by atoms with van der Waals surface area (Å²) in [6.07, 6.45) is 3.43. The zero-order valence-electron chi connectivity index (χ0n) is 14.2. The number of nitrogens with zero attached hydrogens (tertiary/aromatic N) is 2. The highest BCUT2D eigenvalue weighted by molar-refractivity contribution is 6.30. The molecule has 2 aromatic rings. The van der Waals surface area contributed by atoms with Gasteiger partial charge in [0.2, 0.25) is 5.91 Å². The predicted octanol–water partition coefficient (Wildman–Crippen LogP) is 3.71. The molecular weight excluding hydrogens is 336 g/mol. The van der Waals surface area contributed by atoms with Gasteiger partial charge in [-0.3, -0.25) is 4.79 Å². The van der Waals surface area contributed by atoms with Crippen molar-refractivity contribution in [3.05, 3.63) is 65.2 Å². The van der Waals surface area contributed by atoms with Crippen molar-refractivity contribution in [3.63, 3.8) is 0 Å². The van der Waals surface area contributed by atoms with E-state index in [-0.39, 0.29) is 5.91 Å².